The quantitative estimate of drug-likeness (QED) is 0.703. The number of hydrogen-bond acceptors (Lipinski definition) is 0. The normalized spacial score (nSPS) is 12.1. The molecule has 0 saturated carbocycles. The second kappa shape index (κ2) is 4.98. The molecular formula is C16H18. The van der Waals surface area contributed by atoms with Gasteiger partial charge in [-0.3, -0.25) is 0 Å². The van der Waals surface area contributed by atoms with Gasteiger partial charge in [-0.25, -0.2) is 0 Å². The molecule has 0 bridgehead atoms. The van der Waals surface area contributed by atoms with Crippen LogP contribution in [0.1, 0.15) is 27.7 Å². The van der Waals surface area contributed by atoms with Crippen LogP contribution < -0.4 is 0 Å². The van der Waals surface area contributed by atoms with Crippen molar-refractivity contribution >= 4 is 0 Å². The van der Waals surface area contributed by atoms with Crippen LogP contribution in [0.4, 0.5) is 0 Å². The summed E-state index contributed by atoms with van der Waals surface area (Å²) in [5.41, 5.74) is 4.81. The Morgan fingerprint density at radius 2 is 1.25 bits per heavy atom. The fourth-order valence-corrected chi connectivity index (χ4v) is 2.04. The molecule has 82 valence electrons. The molecule has 0 heterocycles. The summed E-state index contributed by atoms with van der Waals surface area (Å²) in [6, 6.07) is 12.7. The molecule has 0 unspecified atom stereocenters. The van der Waals surface area contributed by atoms with Crippen LogP contribution in [0.3, 0.4) is 0 Å². The van der Waals surface area contributed by atoms with Gasteiger partial charge in [-0.15, -0.1) is 0 Å². The number of aryl methyl sites for hydroxylation is 2. The Hall–Kier alpha value is -1.56. The molecule has 0 heteroatoms. The van der Waals surface area contributed by atoms with E-state index in [1.165, 1.54) is 22.3 Å². The molecule has 0 aromatic heterocycles. The Bertz CT molecular complexity index is 508. The highest BCUT2D eigenvalue weighted by Gasteiger charge is 2.05. The third kappa shape index (κ3) is 2.01. The van der Waals surface area contributed by atoms with Gasteiger partial charge < -0.3 is 0 Å². The molecule has 0 spiro atoms. The van der Waals surface area contributed by atoms with Gasteiger partial charge in [0.25, 0.3) is 0 Å². The lowest BCUT2D eigenvalue weighted by molar-refractivity contribution is 1.12. The minimum absolute atomic E-state index is 0.561. The van der Waals surface area contributed by atoms with E-state index in [-0.39, 0.29) is 0 Å². The molecular weight excluding hydrogens is 192 g/mol. The van der Waals surface area contributed by atoms with Crippen molar-refractivity contribution in [1.29, 1.82) is 0 Å². The third-order valence-electron chi connectivity index (χ3n) is 2.95. The molecule has 0 amide bonds. The highest BCUT2D eigenvalue weighted by Crippen LogP contribution is 2.27. The average molecular weight is 212 g/mol. The zero-order valence-electron chi connectivity index (χ0n) is 11.9. The summed E-state index contributed by atoms with van der Waals surface area (Å²) in [6.07, 6.45) is 1.85. The summed E-state index contributed by atoms with van der Waals surface area (Å²) in [6.45, 7) is 4.23. The fourth-order valence-electron chi connectivity index (χ4n) is 2.04. The minimum Gasteiger partial charge on any atom is -0.0620 e. The van der Waals surface area contributed by atoms with Crippen LogP contribution in [0.15, 0.2) is 48.5 Å². The minimum atomic E-state index is 0.561. The summed E-state index contributed by atoms with van der Waals surface area (Å²) >= 11 is 0. The van der Waals surface area contributed by atoms with E-state index in [9.17, 15) is 0 Å². The van der Waals surface area contributed by atoms with E-state index in [4.69, 9.17) is 2.74 Å². The molecule has 0 fully saturated rings. The molecule has 0 nitrogen and oxygen atoms in total. The van der Waals surface area contributed by atoms with E-state index in [0.29, 0.717) is 12.1 Å². The van der Waals surface area contributed by atoms with Gasteiger partial charge in [0.2, 0.25) is 0 Å². The first kappa shape index (κ1) is 8.58. The number of hydrogen-bond donors (Lipinski definition) is 0. The van der Waals surface area contributed by atoms with E-state index in [0.717, 1.165) is 12.8 Å². The molecule has 0 aliphatic carbocycles. The highest BCUT2D eigenvalue weighted by atomic mass is 14.1. The summed E-state index contributed by atoms with van der Waals surface area (Å²) in [5, 5.41) is 0. The van der Waals surface area contributed by atoms with Crippen LogP contribution in [-0.2, 0) is 12.8 Å². The van der Waals surface area contributed by atoms with Crippen molar-refractivity contribution in [3.8, 4) is 11.1 Å². The molecule has 2 rings (SSSR count). The molecule has 0 N–H and O–H groups in total. The SMILES string of the molecule is [2H]c1ccc(-c2ccc([2H])cc2CC)c(CC)c1. The smallest absolute Gasteiger partial charge is 0.0620 e. The molecule has 0 aliphatic heterocycles. The standard InChI is InChI=1S/C16H18/c1-3-13-9-5-7-11-15(13)16-12-8-6-10-14(16)4-2/h5-12H,3-4H2,1-2H3/i5D,6D. The molecule has 0 atom stereocenters. The van der Waals surface area contributed by atoms with Crippen molar-refractivity contribution in [2.45, 2.75) is 26.7 Å². The van der Waals surface area contributed by atoms with Crippen molar-refractivity contribution < 1.29 is 2.74 Å². The van der Waals surface area contributed by atoms with Crippen LogP contribution in [0.5, 0.6) is 0 Å². The van der Waals surface area contributed by atoms with Crippen molar-refractivity contribution in [1.82, 2.24) is 0 Å². The maximum absolute atomic E-state index is 7.70. The van der Waals surface area contributed by atoms with Crippen molar-refractivity contribution in [2.24, 2.45) is 0 Å². The maximum atomic E-state index is 7.70. The Balaban J connectivity index is 2.61. The monoisotopic (exact) mass is 212 g/mol. The molecule has 2 aromatic carbocycles. The van der Waals surface area contributed by atoms with Crippen LogP contribution in [0.25, 0.3) is 11.1 Å². The molecule has 16 heavy (non-hydrogen) atoms. The van der Waals surface area contributed by atoms with E-state index < -0.39 is 0 Å². The Morgan fingerprint density at radius 1 is 0.812 bits per heavy atom. The Labute approximate surface area is 101 Å². The van der Waals surface area contributed by atoms with Gasteiger partial charge in [0.05, 0.1) is 2.74 Å². The number of rotatable bonds is 3. The lowest BCUT2D eigenvalue weighted by Gasteiger charge is -2.11. The second-order valence-electron chi connectivity index (χ2n) is 3.87. The van der Waals surface area contributed by atoms with Crippen LogP contribution in [0.2, 0.25) is 0 Å². The van der Waals surface area contributed by atoms with E-state index in [1.54, 1.807) is 0 Å². The van der Waals surface area contributed by atoms with Crippen molar-refractivity contribution in [2.75, 3.05) is 0 Å². The van der Waals surface area contributed by atoms with Crippen molar-refractivity contribution in [3.63, 3.8) is 0 Å². The van der Waals surface area contributed by atoms with E-state index in [1.807, 2.05) is 36.4 Å². The predicted molar refractivity (Wildman–Crippen MR) is 70.6 cm³/mol. The number of benzene rings is 2. The van der Waals surface area contributed by atoms with Crippen LogP contribution in [-0.4, -0.2) is 0 Å². The summed E-state index contributed by atoms with van der Waals surface area (Å²) in [5.74, 6) is 0. The van der Waals surface area contributed by atoms with Gasteiger partial charge in [0.1, 0.15) is 0 Å². The first-order valence-electron chi connectivity index (χ1n) is 6.85. The predicted octanol–water partition coefficient (Wildman–Crippen LogP) is 4.48. The summed E-state index contributed by atoms with van der Waals surface area (Å²) < 4.78 is 15.4. The average Bonchev–Trinajstić information content (AvgIpc) is 2.38. The van der Waals surface area contributed by atoms with Crippen molar-refractivity contribution in [3.05, 3.63) is 59.6 Å². The van der Waals surface area contributed by atoms with Crippen LogP contribution in [0, 0.1) is 0 Å². The molecule has 0 radical (unpaired) electrons. The highest BCUT2D eigenvalue weighted by molar-refractivity contribution is 5.70. The Kier molecular flexibility index (Phi) is 2.67. The Morgan fingerprint density at radius 3 is 1.62 bits per heavy atom. The maximum Gasteiger partial charge on any atom is 0.0623 e. The molecule has 0 saturated heterocycles. The lowest BCUT2D eigenvalue weighted by atomic mass is 9.93. The van der Waals surface area contributed by atoms with Gasteiger partial charge >= 0.3 is 0 Å². The van der Waals surface area contributed by atoms with E-state index >= 15 is 0 Å². The van der Waals surface area contributed by atoms with Gasteiger partial charge in [-0.1, -0.05) is 62.3 Å². The van der Waals surface area contributed by atoms with Gasteiger partial charge in [0, 0.05) is 0 Å². The second-order valence-corrected chi connectivity index (χ2v) is 3.87. The molecule has 2 aromatic rings. The summed E-state index contributed by atoms with van der Waals surface area (Å²) in [7, 11) is 0. The zero-order valence-corrected chi connectivity index (χ0v) is 9.88. The first-order chi connectivity index (χ1) is 8.65. The van der Waals surface area contributed by atoms with E-state index in [2.05, 4.69) is 13.8 Å². The zero-order chi connectivity index (χ0) is 13.1. The summed E-state index contributed by atoms with van der Waals surface area (Å²) in [4.78, 5) is 0. The van der Waals surface area contributed by atoms with Gasteiger partial charge in [0.15, 0.2) is 0 Å². The topological polar surface area (TPSA) is 0 Å². The van der Waals surface area contributed by atoms with Crippen LogP contribution >= 0.6 is 0 Å². The lowest BCUT2D eigenvalue weighted by Crippen LogP contribution is -1.91. The third-order valence-corrected chi connectivity index (χ3v) is 2.95. The van der Waals surface area contributed by atoms with Gasteiger partial charge in [-0.2, -0.15) is 0 Å². The largest absolute Gasteiger partial charge is 0.0623 e. The fraction of sp³-hybridized carbons (Fsp3) is 0.250. The molecule has 0 aliphatic rings. The van der Waals surface area contributed by atoms with Gasteiger partial charge in [-0.05, 0) is 35.1 Å². The first-order valence-corrected chi connectivity index (χ1v) is 5.85.